The first kappa shape index (κ1) is 5.39. The van der Waals surface area contributed by atoms with Crippen molar-refractivity contribution < 1.29 is 23.3 Å². The van der Waals surface area contributed by atoms with Crippen molar-refractivity contribution in [1.29, 1.82) is 0 Å². The second kappa shape index (κ2) is 4.39. The summed E-state index contributed by atoms with van der Waals surface area (Å²) in [6.07, 6.45) is 0.638. The Morgan fingerprint density at radius 2 is 2.25 bits per heavy atom. The number of hydrogen-bond acceptors (Lipinski definition) is 0. The maximum atomic E-state index is 5.25. The number of hydrogen-bond donors (Lipinski definition) is 0. The van der Waals surface area contributed by atoms with Gasteiger partial charge in [-0.25, -0.2) is 0 Å². The van der Waals surface area contributed by atoms with Crippen LogP contribution in [0.4, 0.5) is 0 Å². The molecule has 4 heavy (non-hydrogen) atoms. The Balaban J connectivity index is 2.30. The third kappa shape index (κ3) is 3.39. The van der Waals surface area contributed by atoms with Crippen molar-refractivity contribution in [3.8, 4) is 0 Å². The van der Waals surface area contributed by atoms with Gasteiger partial charge in [0.1, 0.15) is 0 Å². The predicted octanol–water partition coefficient (Wildman–Crippen LogP) is 0.0810. The fourth-order valence-electron chi connectivity index (χ4n) is 0. The van der Waals surface area contributed by atoms with E-state index in [9.17, 15) is 0 Å². The van der Waals surface area contributed by atoms with Gasteiger partial charge >= 0.3 is 46.6 Å². The Kier molecular flexibility index (Phi) is 5.92. The van der Waals surface area contributed by atoms with Crippen molar-refractivity contribution in [1.82, 2.24) is 0 Å². The summed E-state index contributed by atoms with van der Waals surface area (Å²) in [6, 6.07) is 0. The molecule has 0 unspecified atom stereocenters. The van der Waals surface area contributed by atoms with Gasteiger partial charge in [0.25, 0.3) is 0 Å². The summed E-state index contributed by atoms with van der Waals surface area (Å²) < 4.78 is 0. The number of rotatable bonds is 1. The Hall–Kier alpha value is 1.39. The summed E-state index contributed by atoms with van der Waals surface area (Å²) in [4.78, 5) is 0. The molecular weight excluding hydrogens is 167 g/mol. The molecule has 0 aromatic heterocycles. The van der Waals surface area contributed by atoms with E-state index >= 15 is 0 Å². The third-order valence-electron chi connectivity index (χ3n) is 0.0772. The summed E-state index contributed by atoms with van der Waals surface area (Å²) in [6.45, 7) is 0. The van der Waals surface area contributed by atoms with Crippen LogP contribution in [0.3, 0.4) is 0 Å². The third-order valence-corrected chi connectivity index (χ3v) is 4.11. The molecule has 0 N–H and O–H groups in total. The van der Waals surface area contributed by atoms with Gasteiger partial charge < -0.3 is 0 Å². The number of alkyl halides is 1. The van der Waals surface area contributed by atoms with E-state index in [1.54, 1.807) is 23.3 Å². The molecular formula is CH3ClSiZr+2. The van der Waals surface area contributed by atoms with E-state index in [1.165, 1.54) is 0 Å². The van der Waals surface area contributed by atoms with Crippen LogP contribution in [0.1, 0.15) is 0 Å². The summed E-state index contributed by atoms with van der Waals surface area (Å²) in [5, 5.41) is 0. The molecule has 0 saturated carbocycles. The normalized spacial score (nSPS) is 6.75. The molecule has 0 aromatic carbocycles. The van der Waals surface area contributed by atoms with Gasteiger partial charge in [-0.05, 0) is 0 Å². The Labute approximate surface area is 46.5 Å². The van der Waals surface area contributed by atoms with Gasteiger partial charge in [0.05, 0.1) is 0 Å². The second-order valence-electron chi connectivity index (χ2n) is 0.358. The molecule has 0 heterocycles. The van der Waals surface area contributed by atoms with E-state index in [1.807, 2.05) is 0 Å². The molecule has 0 aliphatic carbocycles. The van der Waals surface area contributed by atoms with Gasteiger partial charge in [0.2, 0.25) is 0 Å². The predicted molar refractivity (Wildman–Crippen MR) is 17.9 cm³/mol. The van der Waals surface area contributed by atoms with E-state index in [2.05, 4.69) is 0 Å². The first-order chi connectivity index (χ1) is 1.91. The van der Waals surface area contributed by atoms with Gasteiger partial charge in [0.15, 0.2) is 0 Å². The van der Waals surface area contributed by atoms with E-state index in [-0.39, 0.29) is 0 Å². The zero-order chi connectivity index (χ0) is 3.41. The molecule has 3 heteroatoms. The first-order valence-corrected chi connectivity index (χ1v) is 7.15. The van der Waals surface area contributed by atoms with E-state index < -0.39 is 0 Å². The van der Waals surface area contributed by atoms with Crippen LogP contribution in [0.15, 0.2) is 0 Å². The zero-order valence-electron chi connectivity index (χ0n) is 2.16. The molecule has 0 spiro atoms. The SMILES string of the molecule is ClC[SiH]=[Zr+2]. The summed E-state index contributed by atoms with van der Waals surface area (Å²) >= 11 is 6.86. The Morgan fingerprint density at radius 3 is 2.25 bits per heavy atom. The summed E-state index contributed by atoms with van der Waals surface area (Å²) in [5.74, 6) is 0. The molecule has 0 aliphatic rings. The van der Waals surface area contributed by atoms with Gasteiger partial charge in [-0.2, -0.15) is 0 Å². The zero-order valence-corrected chi connectivity index (χ0v) is 6.53. The van der Waals surface area contributed by atoms with Crippen LogP contribution >= 0.6 is 11.6 Å². The molecule has 20 valence electrons. The fourth-order valence-corrected chi connectivity index (χ4v) is 0. The van der Waals surface area contributed by atoms with Crippen LogP contribution in [0.2, 0.25) is 0 Å². The summed E-state index contributed by atoms with van der Waals surface area (Å²) in [7, 11) is 0. The molecule has 0 radical (unpaired) electrons. The standard InChI is InChI=1S/CH3ClSi.Zr/c2-1-3;/h3H,1H2;/q;+2. The molecule has 0 aromatic rings. The quantitative estimate of drug-likeness (QED) is 0.386. The van der Waals surface area contributed by atoms with Crippen molar-refractivity contribution in [2.24, 2.45) is 0 Å². The molecule has 0 atom stereocenters. The average Bonchev–Trinajstić information content (AvgIpc) is 1.37. The van der Waals surface area contributed by atoms with Crippen LogP contribution in [-0.4, -0.2) is 11.7 Å². The molecule has 0 amide bonds. The van der Waals surface area contributed by atoms with Gasteiger partial charge in [0, 0.05) is 0 Å². The second-order valence-corrected chi connectivity index (χ2v) is 5.01. The summed E-state index contributed by atoms with van der Waals surface area (Å²) in [5.41, 5.74) is 0.915. The van der Waals surface area contributed by atoms with Crippen molar-refractivity contribution >= 4 is 17.8 Å². The molecule has 0 saturated heterocycles. The Bertz CT molecular complexity index is 22.0. The van der Waals surface area contributed by atoms with E-state index in [0.717, 1.165) is 5.50 Å². The van der Waals surface area contributed by atoms with Crippen molar-refractivity contribution in [3.63, 3.8) is 0 Å². The fraction of sp³-hybridized carbons (Fsp3) is 1.00. The topological polar surface area (TPSA) is 0 Å². The van der Waals surface area contributed by atoms with Crippen LogP contribution < -0.4 is 0 Å². The average molecular weight is 170 g/mol. The maximum absolute atomic E-state index is 5.25. The van der Waals surface area contributed by atoms with Gasteiger partial charge in [-0.15, -0.1) is 0 Å². The van der Waals surface area contributed by atoms with Crippen LogP contribution in [0.5, 0.6) is 0 Å². The molecule has 0 aliphatic heterocycles. The van der Waals surface area contributed by atoms with Crippen LogP contribution in [0.25, 0.3) is 0 Å². The molecule has 0 nitrogen and oxygen atoms in total. The van der Waals surface area contributed by atoms with Crippen LogP contribution in [-0.2, 0) is 23.3 Å². The van der Waals surface area contributed by atoms with Gasteiger partial charge in [-0.3, -0.25) is 0 Å². The molecule has 0 rings (SSSR count). The van der Waals surface area contributed by atoms with E-state index in [4.69, 9.17) is 11.6 Å². The van der Waals surface area contributed by atoms with Gasteiger partial charge in [-0.1, -0.05) is 0 Å². The van der Waals surface area contributed by atoms with E-state index in [0.29, 0.717) is 6.16 Å². The molecule has 0 fully saturated rings. The number of halogens is 1. The molecule has 0 bridgehead atoms. The van der Waals surface area contributed by atoms with Crippen LogP contribution in [0, 0.1) is 0 Å². The minimum atomic E-state index is 0.638. The van der Waals surface area contributed by atoms with Crippen molar-refractivity contribution in [3.05, 3.63) is 0 Å². The monoisotopic (exact) mass is 168 g/mol. The Morgan fingerprint density at radius 1 is 2.00 bits per heavy atom. The van der Waals surface area contributed by atoms with Crippen molar-refractivity contribution in [2.75, 3.05) is 5.50 Å². The first-order valence-electron chi connectivity index (χ1n) is 0.964. The minimum absolute atomic E-state index is 0.638. The van der Waals surface area contributed by atoms with Crippen molar-refractivity contribution in [2.45, 2.75) is 0 Å².